The number of hydrogen-bond acceptors (Lipinski definition) is 2. The highest BCUT2D eigenvalue weighted by Gasteiger charge is 2.29. The van der Waals surface area contributed by atoms with Crippen molar-refractivity contribution in [2.75, 3.05) is 0 Å². The summed E-state index contributed by atoms with van der Waals surface area (Å²) in [5.41, 5.74) is 8.21. The van der Waals surface area contributed by atoms with Crippen LogP contribution >= 0.6 is 0 Å². The van der Waals surface area contributed by atoms with Gasteiger partial charge in [-0.3, -0.25) is 0 Å². The van der Waals surface area contributed by atoms with Crippen molar-refractivity contribution in [1.29, 1.82) is 0 Å². The van der Waals surface area contributed by atoms with E-state index in [0.717, 1.165) is 27.9 Å². The Morgan fingerprint density at radius 2 is 1.09 bits per heavy atom. The second kappa shape index (κ2) is 3.63. The predicted molar refractivity (Wildman–Crippen MR) is 90.0 cm³/mol. The van der Waals surface area contributed by atoms with E-state index >= 15 is 0 Å². The number of pyridine rings is 1. The van der Waals surface area contributed by atoms with Gasteiger partial charge in [0.15, 0.2) is 0 Å². The second-order valence-corrected chi connectivity index (χ2v) is 6.07. The average Bonchev–Trinajstić information content (AvgIpc) is 2.59. The zero-order valence-corrected chi connectivity index (χ0v) is 12.5. The molecule has 0 amide bonds. The van der Waals surface area contributed by atoms with Crippen LogP contribution in [0, 0.1) is 0 Å². The lowest BCUT2D eigenvalue weighted by Crippen LogP contribution is -2.30. The minimum Gasteiger partial charge on any atom is -0.456 e. The van der Waals surface area contributed by atoms with Crippen molar-refractivity contribution in [3.63, 3.8) is 0 Å². The highest BCUT2D eigenvalue weighted by atomic mass is 16.3. The van der Waals surface area contributed by atoms with Crippen molar-refractivity contribution in [2.24, 2.45) is 7.05 Å². The fourth-order valence-corrected chi connectivity index (χ4v) is 3.94. The van der Waals surface area contributed by atoms with Gasteiger partial charge in [-0.1, -0.05) is 18.2 Å². The molecule has 1 aromatic heterocycles. The Morgan fingerprint density at radius 3 is 1.65 bits per heavy atom. The van der Waals surface area contributed by atoms with Crippen LogP contribution in [0.2, 0.25) is 0 Å². The SMILES string of the molecule is C[n+]1c2cccc3oc4cccc5oc6cccc1c6c(c32)-c45. The molecule has 3 heterocycles. The summed E-state index contributed by atoms with van der Waals surface area (Å²) in [4.78, 5) is 0. The third-order valence-corrected chi connectivity index (χ3v) is 4.91. The highest BCUT2D eigenvalue weighted by molar-refractivity contribution is 6.22. The monoisotopic (exact) mass is 298 g/mol. The summed E-state index contributed by atoms with van der Waals surface area (Å²) in [6, 6.07) is 18.5. The second-order valence-electron chi connectivity index (χ2n) is 6.07. The van der Waals surface area contributed by atoms with E-state index in [-0.39, 0.29) is 0 Å². The minimum absolute atomic E-state index is 0.868. The largest absolute Gasteiger partial charge is 0.456 e. The molecule has 0 saturated carbocycles. The molecule has 0 N–H and O–H groups in total. The lowest BCUT2D eigenvalue weighted by molar-refractivity contribution is -0.617. The number of aromatic nitrogens is 1. The van der Waals surface area contributed by atoms with Crippen molar-refractivity contribution in [2.45, 2.75) is 0 Å². The molecular weight excluding hydrogens is 286 g/mol. The first-order valence-electron chi connectivity index (χ1n) is 7.69. The fraction of sp³-hybridized carbons (Fsp3) is 0.0500. The van der Waals surface area contributed by atoms with Gasteiger partial charge in [0.2, 0.25) is 11.0 Å². The molecule has 3 nitrogen and oxygen atoms in total. The quantitative estimate of drug-likeness (QED) is 0.228. The van der Waals surface area contributed by atoms with Gasteiger partial charge in [-0.25, -0.2) is 0 Å². The zero-order valence-electron chi connectivity index (χ0n) is 12.5. The van der Waals surface area contributed by atoms with E-state index in [4.69, 9.17) is 8.83 Å². The molecule has 108 valence electrons. The third kappa shape index (κ3) is 1.21. The molecule has 0 fully saturated rings. The average molecular weight is 298 g/mol. The summed E-state index contributed by atoms with van der Waals surface area (Å²) in [5, 5.41) is 2.33. The molecule has 2 aliphatic rings. The molecule has 0 bridgehead atoms. The molecule has 0 aliphatic carbocycles. The van der Waals surface area contributed by atoms with Gasteiger partial charge in [0, 0.05) is 17.7 Å². The highest BCUT2D eigenvalue weighted by Crippen LogP contribution is 2.46. The first-order chi connectivity index (χ1) is 11.3. The Hall–Kier alpha value is -3.07. The van der Waals surface area contributed by atoms with Crippen LogP contribution < -0.4 is 4.57 Å². The smallest absolute Gasteiger partial charge is 0.217 e. The molecule has 0 atom stereocenters. The molecule has 3 aromatic carbocycles. The molecule has 6 rings (SSSR count). The number of nitrogens with zero attached hydrogens (tertiary/aromatic N) is 1. The van der Waals surface area contributed by atoms with Gasteiger partial charge in [-0.2, -0.15) is 4.57 Å². The maximum Gasteiger partial charge on any atom is 0.217 e. The summed E-state index contributed by atoms with van der Waals surface area (Å²) < 4.78 is 14.6. The van der Waals surface area contributed by atoms with Crippen molar-refractivity contribution in [3.05, 3.63) is 54.6 Å². The standard InChI is InChI=1S/C20H12NO2/c1-21-11-5-2-7-13-17(11)20-18-12(21)6-3-8-14(18)23-16-10-4-9-15(22-13)19(16)20/h2-10H,1H3/q+1. The Morgan fingerprint density at radius 1 is 0.609 bits per heavy atom. The maximum absolute atomic E-state index is 6.17. The molecule has 23 heavy (non-hydrogen) atoms. The van der Waals surface area contributed by atoms with Gasteiger partial charge in [0.25, 0.3) is 0 Å². The lowest BCUT2D eigenvalue weighted by Gasteiger charge is -2.17. The van der Waals surface area contributed by atoms with Gasteiger partial charge >= 0.3 is 0 Å². The third-order valence-electron chi connectivity index (χ3n) is 4.91. The Bertz CT molecular complexity index is 1230. The molecule has 2 aliphatic heterocycles. The first kappa shape index (κ1) is 11.5. The van der Waals surface area contributed by atoms with Crippen molar-refractivity contribution >= 4 is 44.1 Å². The number of hydrogen-bond donors (Lipinski definition) is 0. The Labute approximate surface area is 131 Å². The molecule has 0 unspecified atom stereocenters. The van der Waals surface area contributed by atoms with Crippen LogP contribution in [0.15, 0.2) is 63.4 Å². The van der Waals surface area contributed by atoms with E-state index in [1.54, 1.807) is 0 Å². The van der Waals surface area contributed by atoms with Crippen molar-refractivity contribution < 1.29 is 13.4 Å². The zero-order chi connectivity index (χ0) is 15.1. The van der Waals surface area contributed by atoms with Gasteiger partial charge in [0.1, 0.15) is 29.4 Å². The van der Waals surface area contributed by atoms with E-state index in [2.05, 4.69) is 23.7 Å². The molecule has 0 saturated heterocycles. The van der Waals surface area contributed by atoms with Crippen LogP contribution in [0.4, 0.5) is 0 Å². The van der Waals surface area contributed by atoms with Gasteiger partial charge in [-0.15, -0.1) is 0 Å². The molecule has 0 spiro atoms. The predicted octanol–water partition coefficient (Wildman–Crippen LogP) is 4.85. The molecule has 3 heteroatoms. The summed E-state index contributed by atoms with van der Waals surface area (Å²) in [7, 11) is 2.10. The van der Waals surface area contributed by atoms with Gasteiger partial charge in [-0.05, 0) is 24.3 Å². The van der Waals surface area contributed by atoms with Crippen LogP contribution in [0.1, 0.15) is 0 Å². The van der Waals surface area contributed by atoms with E-state index in [1.165, 1.54) is 27.4 Å². The normalized spacial score (nSPS) is 12.6. The van der Waals surface area contributed by atoms with Crippen LogP contribution in [-0.4, -0.2) is 0 Å². The number of aryl methyl sites for hydroxylation is 1. The summed E-state index contributed by atoms with van der Waals surface area (Å²) in [6.45, 7) is 0. The fourth-order valence-electron chi connectivity index (χ4n) is 3.94. The van der Waals surface area contributed by atoms with E-state index in [0.29, 0.717) is 0 Å². The molecule has 4 aromatic rings. The topological polar surface area (TPSA) is 30.2 Å². The van der Waals surface area contributed by atoms with Crippen LogP contribution in [0.5, 0.6) is 0 Å². The number of benzene rings is 3. The lowest BCUT2D eigenvalue weighted by atomic mass is 9.92. The Balaban J connectivity index is 2.16. The van der Waals surface area contributed by atoms with Gasteiger partial charge < -0.3 is 8.83 Å². The van der Waals surface area contributed by atoms with E-state index < -0.39 is 0 Å². The minimum atomic E-state index is 0.868. The van der Waals surface area contributed by atoms with Crippen LogP contribution in [-0.2, 0) is 7.05 Å². The number of rotatable bonds is 0. The molecule has 0 radical (unpaired) electrons. The Kier molecular flexibility index (Phi) is 1.81. The van der Waals surface area contributed by atoms with Crippen LogP contribution in [0.3, 0.4) is 0 Å². The van der Waals surface area contributed by atoms with Crippen LogP contribution in [0.25, 0.3) is 55.3 Å². The summed E-state index contributed by atoms with van der Waals surface area (Å²) in [5.74, 6) is 0. The van der Waals surface area contributed by atoms with E-state index in [9.17, 15) is 0 Å². The summed E-state index contributed by atoms with van der Waals surface area (Å²) >= 11 is 0. The summed E-state index contributed by atoms with van der Waals surface area (Å²) in [6.07, 6.45) is 0. The van der Waals surface area contributed by atoms with Crippen molar-refractivity contribution in [1.82, 2.24) is 0 Å². The van der Waals surface area contributed by atoms with E-state index in [1.807, 2.05) is 42.5 Å². The first-order valence-corrected chi connectivity index (χ1v) is 7.69. The van der Waals surface area contributed by atoms with Crippen molar-refractivity contribution in [3.8, 4) is 11.1 Å². The van der Waals surface area contributed by atoms with Gasteiger partial charge in [0.05, 0.1) is 16.3 Å². The molecular formula is C20H12NO2+. The maximum atomic E-state index is 6.17.